The second kappa shape index (κ2) is 5.98. The van der Waals surface area contributed by atoms with Gasteiger partial charge in [-0.2, -0.15) is 0 Å². The topological polar surface area (TPSA) is 83.5 Å². The fraction of sp³-hybridized carbons (Fsp3) is 0.615. The molecule has 5 nitrogen and oxygen atoms in total. The van der Waals surface area contributed by atoms with E-state index >= 15 is 0 Å². The van der Waals surface area contributed by atoms with Crippen molar-refractivity contribution in [2.45, 2.75) is 50.5 Å². The van der Waals surface area contributed by atoms with Crippen LogP contribution < -0.4 is 4.72 Å². The maximum Gasteiger partial charge on any atom is 0.345 e. The summed E-state index contributed by atoms with van der Waals surface area (Å²) in [4.78, 5) is 11.0. The van der Waals surface area contributed by atoms with Gasteiger partial charge in [0.1, 0.15) is 9.77 Å². The molecule has 1 fully saturated rings. The summed E-state index contributed by atoms with van der Waals surface area (Å²) in [6, 6.07) is 1.10. The van der Waals surface area contributed by atoms with Gasteiger partial charge in [0.15, 0.2) is 0 Å². The maximum atomic E-state index is 12.4. The molecule has 0 bridgehead atoms. The van der Waals surface area contributed by atoms with Gasteiger partial charge < -0.3 is 5.11 Å². The lowest BCUT2D eigenvalue weighted by atomic mass is 9.75. The number of nitrogens with one attached hydrogen (secondary N) is 1. The van der Waals surface area contributed by atoms with Crippen molar-refractivity contribution in [3.63, 3.8) is 0 Å². The molecule has 21 heavy (non-hydrogen) atoms. The first-order chi connectivity index (χ1) is 9.61. The highest BCUT2D eigenvalue weighted by atomic mass is 79.9. The number of carboxylic acid groups (broad SMARTS) is 1. The molecule has 0 radical (unpaired) electrons. The molecule has 2 N–H and O–H groups in total. The Balaban J connectivity index is 2.20. The van der Waals surface area contributed by atoms with Crippen LogP contribution in [0.2, 0.25) is 0 Å². The molecule has 8 heteroatoms. The first kappa shape index (κ1) is 16.9. The SMILES string of the molecule is CC1(C)CCCC(NS(=O)(=O)c2cc(C(=O)O)sc2Br)C1. The van der Waals surface area contributed by atoms with Crippen molar-refractivity contribution in [1.29, 1.82) is 0 Å². The van der Waals surface area contributed by atoms with Crippen molar-refractivity contribution in [3.8, 4) is 0 Å². The van der Waals surface area contributed by atoms with Crippen LogP contribution in [0.25, 0.3) is 0 Å². The number of hydrogen-bond acceptors (Lipinski definition) is 4. The quantitative estimate of drug-likeness (QED) is 0.817. The molecule has 0 saturated heterocycles. The van der Waals surface area contributed by atoms with Crippen molar-refractivity contribution < 1.29 is 18.3 Å². The lowest BCUT2D eigenvalue weighted by Crippen LogP contribution is -2.40. The maximum absolute atomic E-state index is 12.4. The summed E-state index contributed by atoms with van der Waals surface area (Å²) in [7, 11) is -3.70. The average Bonchev–Trinajstić information content (AvgIpc) is 2.70. The first-order valence-corrected chi connectivity index (χ1v) is 9.75. The zero-order chi connectivity index (χ0) is 15.8. The summed E-state index contributed by atoms with van der Waals surface area (Å²) in [6.07, 6.45) is 3.69. The molecular weight excluding hydrogens is 378 g/mol. The van der Waals surface area contributed by atoms with Crippen molar-refractivity contribution >= 4 is 43.3 Å². The Kier molecular flexibility index (Phi) is 4.82. The van der Waals surface area contributed by atoms with E-state index in [2.05, 4.69) is 34.5 Å². The van der Waals surface area contributed by atoms with Crippen molar-refractivity contribution in [1.82, 2.24) is 4.72 Å². The van der Waals surface area contributed by atoms with Gasteiger partial charge in [-0.05, 0) is 46.7 Å². The molecule has 1 saturated carbocycles. The second-order valence-electron chi connectivity index (χ2n) is 6.13. The van der Waals surface area contributed by atoms with E-state index in [9.17, 15) is 13.2 Å². The third-order valence-corrected chi connectivity index (χ3v) is 7.44. The number of thiophene rings is 1. The highest BCUT2D eigenvalue weighted by Gasteiger charge is 2.32. The summed E-state index contributed by atoms with van der Waals surface area (Å²) in [6.45, 7) is 4.27. The molecule has 1 aliphatic carbocycles. The molecule has 0 amide bonds. The molecule has 2 rings (SSSR count). The van der Waals surface area contributed by atoms with E-state index in [4.69, 9.17) is 5.11 Å². The van der Waals surface area contributed by atoms with Crippen LogP contribution in [0.3, 0.4) is 0 Å². The van der Waals surface area contributed by atoms with Crippen molar-refractivity contribution in [2.75, 3.05) is 0 Å². The summed E-state index contributed by atoms with van der Waals surface area (Å²) >= 11 is 4.05. The fourth-order valence-corrected chi connectivity index (χ4v) is 6.40. The molecule has 1 unspecified atom stereocenters. The fourth-order valence-electron chi connectivity index (χ4n) is 2.72. The van der Waals surface area contributed by atoms with Gasteiger partial charge in [-0.25, -0.2) is 17.9 Å². The van der Waals surface area contributed by atoms with E-state index < -0.39 is 16.0 Å². The number of aromatic carboxylic acids is 1. The molecule has 0 aromatic carbocycles. The van der Waals surface area contributed by atoms with Crippen LogP contribution >= 0.6 is 27.3 Å². The highest BCUT2D eigenvalue weighted by molar-refractivity contribution is 9.11. The standard InChI is InChI=1S/C13H18BrNO4S2/c1-13(2)5-3-4-8(7-13)15-21(18,19)10-6-9(12(16)17)20-11(10)14/h6,8,15H,3-5,7H2,1-2H3,(H,16,17). The van der Waals surface area contributed by atoms with Crippen molar-refractivity contribution in [2.24, 2.45) is 5.41 Å². The van der Waals surface area contributed by atoms with Crippen molar-refractivity contribution in [3.05, 3.63) is 14.7 Å². The number of hydrogen-bond donors (Lipinski definition) is 2. The number of sulfonamides is 1. The minimum atomic E-state index is -3.70. The first-order valence-electron chi connectivity index (χ1n) is 6.66. The van der Waals surface area contributed by atoms with Gasteiger partial charge in [-0.3, -0.25) is 0 Å². The average molecular weight is 396 g/mol. The summed E-state index contributed by atoms with van der Waals surface area (Å²) in [5.74, 6) is -1.12. The van der Waals surface area contributed by atoms with E-state index in [0.29, 0.717) is 3.79 Å². The molecule has 1 atom stereocenters. The van der Waals surface area contributed by atoms with Gasteiger partial charge >= 0.3 is 5.97 Å². The smallest absolute Gasteiger partial charge is 0.345 e. The molecule has 1 aliphatic rings. The zero-order valence-electron chi connectivity index (χ0n) is 11.8. The lowest BCUT2D eigenvalue weighted by Gasteiger charge is -2.35. The van der Waals surface area contributed by atoms with Gasteiger partial charge in [-0.1, -0.05) is 20.3 Å². The Bertz CT molecular complexity index is 651. The molecule has 0 spiro atoms. The van der Waals surface area contributed by atoms with Crippen LogP contribution in [0.4, 0.5) is 0 Å². The van der Waals surface area contributed by atoms with E-state index in [-0.39, 0.29) is 21.2 Å². The van der Waals surface area contributed by atoms with Crippen LogP contribution in [0, 0.1) is 5.41 Å². The summed E-state index contributed by atoms with van der Waals surface area (Å²) in [5, 5.41) is 8.95. The number of halogens is 1. The normalized spacial score (nSPS) is 22.1. The monoisotopic (exact) mass is 395 g/mol. The minimum absolute atomic E-state index is 0.00576. The van der Waals surface area contributed by atoms with E-state index in [1.807, 2.05) is 0 Å². The van der Waals surface area contributed by atoms with Gasteiger partial charge in [0.2, 0.25) is 10.0 Å². The molecule has 1 heterocycles. The van der Waals surface area contributed by atoms with E-state index in [0.717, 1.165) is 37.0 Å². The molecule has 1 aromatic rings. The Morgan fingerprint density at radius 2 is 2.19 bits per heavy atom. The Morgan fingerprint density at radius 3 is 2.71 bits per heavy atom. The number of carboxylic acids is 1. The zero-order valence-corrected chi connectivity index (χ0v) is 15.1. The largest absolute Gasteiger partial charge is 0.477 e. The Hall–Kier alpha value is -0.440. The van der Waals surface area contributed by atoms with Crippen LogP contribution in [-0.4, -0.2) is 25.5 Å². The predicted octanol–water partition coefficient (Wildman–Crippen LogP) is 3.46. The van der Waals surface area contributed by atoms with Gasteiger partial charge in [0, 0.05) is 6.04 Å². The van der Waals surface area contributed by atoms with Crippen LogP contribution in [0.5, 0.6) is 0 Å². The number of carbonyl (C=O) groups is 1. The van der Waals surface area contributed by atoms with Gasteiger partial charge in [-0.15, -0.1) is 11.3 Å². The predicted molar refractivity (Wildman–Crippen MR) is 85.3 cm³/mol. The van der Waals surface area contributed by atoms with Crippen LogP contribution in [0.15, 0.2) is 14.7 Å². The lowest BCUT2D eigenvalue weighted by molar-refractivity contribution is 0.0702. The number of rotatable bonds is 4. The van der Waals surface area contributed by atoms with E-state index in [1.165, 1.54) is 6.07 Å². The van der Waals surface area contributed by atoms with E-state index in [1.54, 1.807) is 0 Å². The summed E-state index contributed by atoms with van der Waals surface area (Å²) in [5.41, 5.74) is 0.129. The molecule has 0 aliphatic heterocycles. The van der Waals surface area contributed by atoms with Gasteiger partial charge in [0.25, 0.3) is 0 Å². The minimum Gasteiger partial charge on any atom is -0.477 e. The molecular formula is C13H18BrNO4S2. The third-order valence-electron chi connectivity index (χ3n) is 3.68. The Labute approximate surface area is 136 Å². The van der Waals surface area contributed by atoms with Crippen LogP contribution in [-0.2, 0) is 10.0 Å². The molecule has 118 valence electrons. The third kappa shape index (κ3) is 4.06. The van der Waals surface area contributed by atoms with Gasteiger partial charge in [0.05, 0.1) is 3.79 Å². The second-order valence-corrected chi connectivity index (χ2v) is 10.2. The Morgan fingerprint density at radius 1 is 1.52 bits per heavy atom. The highest BCUT2D eigenvalue weighted by Crippen LogP contribution is 2.37. The summed E-state index contributed by atoms with van der Waals surface area (Å²) < 4.78 is 27.9. The molecule has 1 aromatic heterocycles. The van der Waals surface area contributed by atoms with Crippen LogP contribution in [0.1, 0.15) is 49.2 Å².